The highest BCUT2D eigenvalue weighted by molar-refractivity contribution is 7.18. The SMILES string of the molecule is O=C(OCc1nc2ccccc2s1)[C@H]1CC(=O)N(c2ccc3c(c2)OCCO3)C1. The van der Waals surface area contributed by atoms with Crippen LogP contribution in [0.3, 0.4) is 0 Å². The Labute approximate surface area is 170 Å². The molecule has 3 heterocycles. The van der Waals surface area contributed by atoms with Crippen molar-refractivity contribution in [3.8, 4) is 11.5 Å². The maximum Gasteiger partial charge on any atom is 0.311 e. The summed E-state index contributed by atoms with van der Waals surface area (Å²) in [5.41, 5.74) is 1.59. The second kappa shape index (κ2) is 7.36. The maximum absolute atomic E-state index is 12.5. The second-order valence-corrected chi connectivity index (χ2v) is 8.03. The third-order valence-corrected chi connectivity index (χ3v) is 5.98. The predicted molar refractivity (Wildman–Crippen MR) is 107 cm³/mol. The molecular weight excluding hydrogens is 392 g/mol. The molecule has 1 saturated heterocycles. The molecule has 0 saturated carbocycles. The first-order valence-corrected chi connectivity index (χ1v) is 10.2. The van der Waals surface area contributed by atoms with Crippen molar-refractivity contribution in [1.29, 1.82) is 0 Å². The van der Waals surface area contributed by atoms with Gasteiger partial charge in [0.2, 0.25) is 5.91 Å². The highest BCUT2D eigenvalue weighted by Gasteiger charge is 2.36. The molecule has 0 spiro atoms. The summed E-state index contributed by atoms with van der Waals surface area (Å²) in [6.45, 7) is 1.40. The lowest BCUT2D eigenvalue weighted by Gasteiger charge is -2.22. The van der Waals surface area contributed by atoms with Gasteiger partial charge in [0, 0.05) is 24.7 Å². The number of hydrogen-bond acceptors (Lipinski definition) is 7. The van der Waals surface area contributed by atoms with Crippen molar-refractivity contribution in [1.82, 2.24) is 4.98 Å². The molecule has 1 fully saturated rings. The Bertz CT molecular complexity index is 1060. The molecule has 0 N–H and O–H groups in total. The molecule has 3 aromatic rings. The summed E-state index contributed by atoms with van der Waals surface area (Å²) in [6.07, 6.45) is 0.132. The minimum Gasteiger partial charge on any atom is -0.486 e. The molecule has 8 heteroatoms. The van der Waals surface area contributed by atoms with E-state index in [0.29, 0.717) is 30.4 Å². The molecule has 0 bridgehead atoms. The zero-order chi connectivity index (χ0) is 19.8. The Balaban J connectivity index is 1.24. The van der Waals surface area contributed by atoms with Gasteiger partial charge < -0.3 is 19.1 Å². The fraction of sp³-hybridized carbons (Fsp3) is 0.286. The number of ether oxygens (including phenoxy) is 3. The maximum atomic E-state index is 12.5. The number of para-hydroxylation sites is 1. The van der Waals surface area contributed by atoms with Gasteiger partial charge in [-0.05, 0) is 24.3 Å². The number of aromatic nitrogens is 1. The van der Waals surface area contributed by atoms with Gasteiger partial charge >= 0.3 is 5.97 Å². The second-order valence-electron chi connectivity index (χ2n) is 6.92. The van der Waals surface area contributed by atoms with Crippen LogP contribution in [0.5, 0.6) is 11.5 Å². The van der Waals surface area contributed by atoms with Crippen LogP contribution >= 0.6 is 11.3 Å². The first kappa shape index (κ1) is 17.9. The Morgan fingerprint density at radius 2 is 2.00 bits per heavy atom. The van der Waals surface area contributed by atoms with Gasteiger partial charge in [0.05, 0.1) is 16.1 Å². The Kier molecular flexibility index (Phi) is 4.55. The number of carbonyl (C=O) groups is 2. The van der Waals surface area contributed by atoms with E-state index in [-0.39, 0.29) is 31.4 Å². The number of rotatable bonds is 4. The number of esters is 1. The van der Waals surface area contributed by atoms with Crippen molar-refractivity contribution in [3.63, 3.8) is 0 Å². The number of fused-ring (bicyclic) bond motifs is 2. The van der Waals surface area contributed by atoms with Gasteiger partial charge in [0.25, 0.3) is 0 Å². The average molecular weight is 410 g/mol. The van der Waals surface area contributed by atoms with Gasteiger partial charge in [0.1, 0.15) is 24.8 Å². The lowest BCUT2D eigenvalue weighted by atomic mass is 10.1. The van der Waals surface area contributed by atoms with Crippen molar-refractivity contribution >= 4 is 39.1 Å². The number of anilines is 1. The minimum absolute atomic E-state index is 0.108. The fourth-order valence-corrected chi connectivity index (χ4v) is 4.43. The Morgan fingerprint density at radius 3 is 2.86 bits per heavy atom. The molecule has 1 aromatic heterocycles. The zero-order valence-corrected chi connectivity index (χ0v) is 16.3. The van der Waals surface area contributed by atoms with Gasteiger partial charge in [-0.25, -0.2) is 4.98 Å². The van der Waals surface area contributed by atoms with E-state index in [1.807, 2.05) is 24.3 Å². The van der Waals surface area contributed by atoms with Gasteiger partial charge in [-0.15, -0.1) is 11.3 Å². The van der Waals surface area contributed by atoms with Crippen LogP contribution < -0.4 is 14.4 Å². The molecule has 5 rings (SSSR count). The summed E-state index contributed by atoms with van der Waals surface area (Å²) in [5, 5.41) is 0.743. The van der Waals surface area contributed by atoms with Crippen LogP contribution in [0.2, 0.25) is 0 Å². The van der Waals surface area contributed by atoms with E-state index in [2.05, 4.69) is 4.98 Å². The van der Waals surface area contributed by atoms with E-state index in [1.165, 1.54) is 11.3 Å². The van der Waals surface area contributed by atoms with Gasteiger partial charge in [0.15, 0.2) is 11.5 Å². The van der Waals surface area contributed by atoms with Gasteiger partial charge in [-0.2, -0.15) is 0 Å². The summed E-state index contributed by atoms with van der Waals surface area (Å²) in [7, 11) is 0. The highest BCUT2D eigenvalue weighted by Crippen LogP contribution is 2.36. The van der Waals surface area contributed by atoms with E-state index in [0.717, 1.165) is 15.2 Å². The standard InChI is InChI=1S/C21H18N2O5S/c24-20-9-13(11-23(20)14-5-6-16-17(10-14)27-8-7-26-16)21(25)28-12-19-22-15-3-1-2-4-18(15)29-19/h1-6,10,13H,7-9,11-12H2/t13-/m0/s1. The smallest absolute Gasteiger partial charge is 0.311 e. The van der Waals surface area contributed by atoms with Crippen molar-refractivity contribution in [3.05, 3.63) is 47.5 Å². The number of nitrogens with zero attached hydrogens (tertiary/aromatic N) is 2. The third-order valence-electron chi connectivity index (χ3n) is 4.97. The predicted octanol–water partition coefficient (Wildman–Crippen LogP) is 3.16. The Hall–Kier alpha value is -3.13. The number of amides is 1. The molecule has 1 amide bonds. The molecule has 148 valence electrons. The van der Waals surface area contributed by atoms with Crippen molar-refractivity contribution in [2.75, 3.05) is 24.7 Å². The van der Waals surface area contributed by atoms with E-state index in [1.54, 1.807) is 23.1 Å². The highest BCUT2D eigenvalue weighted by atomic mass is 32.1. The molecular formula is C21H18N2O5S. The zero-order valence-electron chi connectivity index (χ0n) is 15.5. The van der Waals surface area contributed by atoms with Crippen molar-refractivity contribution in [2.45, 2.75) is 13.0 Å². The van der Waals surface area contributed by atoms with E-state index >= 15 is 0 Å². The first-order chi connectivity index (χ1) is 14.2. The summed E-state index contributed by atoms with van der Waals surface area (Å²) in [4.78, 5) is 31.1. The monoisotopic (exact) mass is 410 g/mol. The molecule has 7 nitrogen and oxygen atoms in total. The van der Waals surface area contributed by atoms with Crippen LogP contribution in [0.4, 0.5) is 5.69 Å². The van der Waals surface area contributed by atoms with E-state index < -0.39 is 5.92 Å². The first-order valence-electron chi connectivity index (χ1n) is 9.38. The number of carbonyl (C=O) groups excluding carboxylic acids is 2. The van der Waals surface area contributed by atoms with Crippen molar-refractivity contribution in [2.24, 2.45) is 5.92 Å². The lowest BCUT2D eigenvalue weighted by Crippen LogP contribution is -2.26. The number of thiazole rings is 1. The summed E-state index contributed by atoms with van der Waals surface area (Å²) >= 11 is 1.50. The van der Waals surface area contributed by atoms with Crippen LogP contribution in [0.15, 0.2) is 42.5 Å². The lowest BCUT2D eigenvalue weighted by molar-refractivity contribution is -0.149. The van der Waals surface area contributed by atoms with Crippen LogP contribution in [0.1, 0.15) is 11.4 Å². The molecule has 0 radical (unpaired) electrons. The molecule has 0 aliphatic carbocycles. The molecule has 2 aliphatic rings. The quantitative estimate of drug-likeness (QED) is 0.615. The van der Waals surface area contributed by atoms with E-state index in [9.17, 15) is 9.59 Å². The topological polar surface area (TPSA) is 78.0 Å². The number of benzene rings is 2. The Morgan fingerprint density at radius 1 is 1.17 bits per heavy atom. The molecule has 1 atom stereocenters. The van der Waals surface area contributed by atoms with Crippen LogP contribution in [-0.2, 0) is 20.9 Å². The van der Waals surface area contributed by atoms with Gasteiger partial charge in [-0.3, -0.25) is 9.59 Å². The summed E-state index contributed by atoms with van der Waals surface area (Å²) in [5.74, 6) is 0.299. The fourth-order valence-electron chi connectivity index (χ4n) is 3.55. The van der Waals surface area contributed by atoms with Crippen molar-refractivity contribution < 1.29 is 23.8 Å². The third kappa shape index (κ3) is 3.51. The van der Waals surface area contributed by atoms with Gasteiger partial charge in [-0.1, -0.05) is 12.1 Å². The normalized spacial score (nSPS) is 18.3. The molecule has 2 aliphatic heterocycles. The van der Waals surface area contributed by atoms with Crippen LogP contribution in [-0.4, -0.2) is 36.6 Å². The van der Waals surface area contributed by atoms with Crippen LogP contribution in [0.25, 0.3) is 10.2 Å². The summed E-state index contributed by atoms with van der Waals surface area (Å²) in [6, 6.07) is 13.2. The minimum atomic E-state index is -0.495. The molecule has 2 aromatic carbocycles. The molecule has 29 heavy (non-hydrogen) atoms. The van der Waals surface area contributed by atoms with E-state index in [4.69, 9.17) is 14.2 Å². The summed E-state index contributed by atoms with van der Waals surface area (Å²) < 4.78 is 17.6. The van der Waals surface area contributed by atoms with Crippen LogP contribution in [0, 0.1) is 5.92 Å². The number of hydrogen-bond donors (Lipinski definition) is 0. The molecule has 0 unspecified atom stereocenters. The average Bonchev–Trinajstić information content (AvgIpc) is 3.35. The largest absolute Gasteiger partial charge is 0.486 e.